The Morgan fingerprint density at radius 1 is 0.917 bits per heavy atom. The summed E-state index contributed by atoms with van der Waals surface area (Å²) in [6.45, 7) is -1.64. The van der Waals surface area contributed by atoms with Gasteiger partial charge in [0.25, 0.3) is 0 Å². The van der Waals surface area contributed by atoms with Gasteiger partial charge in [-0.15, -0.1) is 0 Å². The lowest BCUT2D eigenvalue weighted by molar-refractivity contribution is -0.139. The second-order valence-corrected chi connectivity index (χ2v) is 1.56. The maximum atomic E-state index is 9.98. The molecule has 6 N–H and O–H groups in total. The molecule has 12 heavy (non-hydrogen) atoms. The number of hydrogen-bond acceptors (Lipinski definition) is 5. The number of Topliss-reactive ketones (excluding diaryl/α,β-unsaturated/α-hetero) is 2. The largest absolute Gasteiger partial charge is 0.388 e. The summed E-state index contributed by atoms with van der Waals surface area (Å²) in [6.07, 6.45) is 0. The van der Waals surface area contributed by atoms with Gasteiger partial charge in [-0.2, -0.15) is 0 Å². The zero-order valence-corrected chi connectivity index (χ0v) is 6.19. The Morgan fingerprint density at radius 2 is 1.08 bits per heavy atom. The van der Waals surface area contributed by atoms with E-state index in [2.05, 4.69) is 11.5 Å². The number of aliphatic hydroxyl groups is 2. The minimum Gasteiger partial charge on any atom is -0.388 e. The van der Waals surface area contributed by atoms with Crippen molar-refractivity contribution in [3.8, 4) is 0 Å². The number of urea groups is 1. The fourth-order valence-electron chi connectivity index (χ4n) is 0.176. The van der Waals surface area contributed by atoms with Crippen molar-refractivity contribution in [3.63, 3.8) is 0 Å². The van der Waals surface area contributed by atoms with Crippen molar-refractivity contribution in [2.45, 2.75) is 0 Å². The molecule has 7 heteroatoms. The normalized spacial score (nSPS) is 7.83. The number of hydrogen-bond donors (Lipinski definition) is 4. The highest BCUT2D eigenvalue weighted by Crippen LogP contribution is 1.71. The number of primary amides is 2. The van der Waals surface area contributed by atoms with Crippen LogP contribution < -0.4 is 11.5 Å². The van der Waals surface area contributed by atoms with Crippen molar-refractivity contribution in [2.75, 3.05) is 13.2 Å². The van der Waals surface area contributed by atoms with Gasteiger partial charge in [-0.05, 0) is 0 Å². The van der Waals surface area contributed by atoms with Crippen LogP contribution >= 0.6 is 0 Å². The molecule has 0 saturated carbocycles. The summed E-state index contributed by atoms with van der Waals surface area (Å²) in [4.78, 5) is 29.0. The first-order valence-corrected chi connectivity index (χ1v) is 2.78. The van der Waals surface area contributed by atoms with E-state index in [0.717, 1.165) is 0 Å². The van der Waals surface area contributed by atoms with E-state index < -0.39 is 30.8 Å². The summed E-state index contributed by atoms with van der Waals surface area (Å²) in [5.74, 6) is -1.90. The van der Waals surface area contributed by atoms with Crippen molar-refractivity contribution >= 4 is 17.6 Å². The smallest absolute Gasteiger partial charge is 0.309 e. The molecule has 7 nitrogen and oxygen atoms in total. The molecule has 70 valence electrons. The molecule has 0 spiro atoms. The molecule has 0 atom stereocenters. The molecule has 0 aromatic carbocycles. The third kappa shape index (κ3) is 11.3. The molecule has 0 unspecified atom stereocenters. The van der Waals surface area contributed by atoms with Crippen molar-refractivity contribution in [3.05, 3.63) is 0 Å². The first-order chi connectivity index (χ1) is 5.45. The van der Waals surface area contributed by atoms with Gasteiger partial charge >= 0.3 is 6.03 Å². The van der Waals surface area contributed by atoms with Gasteiger partial charge in [0.2, 0.25) is 11.6 Å². The highest BCUT2D eigenvalue weighted by molar-refractivity contribution is 6.38. The fourth-order valence-corrected chi connectivity index (χ4v) is 0.176. The van der Waals surface area contributed by atoms with Gasteiger partial charge in [-0.25, -0.2) is 4.79 Å². The summed E-state index contributed by atoms with van der Waals surface area (Å²) < 4.78 is 0. The van der Waals surface area contributed by atoms with Crippen LogP contribution in [0.15, 0.2) is 0 Å². The van der Waals surface area contributed by atoms with E-state index in [-0.39, 0.29) is 0 Å². The second kappa shape index (κ2) is 7.63. The van der Waals surface area contributed by atoms with Crippen LogP contribution in [0.5, 0.6) is 0 Å². The summed E-state index contributed by atoms with van der Waals surface area (Å²) in [5, 5.41) is 15.9. The van der Waals surface area contributed by atoms with Crippen molar-refractivity contribution < 1.29 is 24.6 Å². The zero-order chi connectivity index (χ0) is 10.1. The van der Waals surface area contributed by atoms with E-state index in [1.807, 2.05) is 0 Å². The van der Waals surface area contributed by atoms with Crippen LogP contribution in [0.2, 0.25) is 0 Å². The number of nitrogens with two attached hydrogens (primary N) is 2. The molecule has 0 aromatic heterocycles. The molecule has 2 amide bonds. The zero-order valence-electron chi connectivity index (χ0n) is 6.19. The van der Waals surface area contributed by atoms with Crippen LogP contribution in [0.3, 0.4) is 0 Å². The van der Waals surface area contributed by atoms with E-state index in [4.69, 9.17) is 15.0 Å². The van der Waals surface area contributed by atoms with Gasteiger partial charge in [0.1, 0.15) is 13.2 Å². The van der Waals surface area contributed by atoms with Crippen molar-refractivity contribution in [1.82, 2.24) is 0 Å². The van der Waals surface area contributed by atoms with Crippen LogP contribution in [0, 0.1) is 0 Å². The Bertz CT molecular complexity index is 161. The topological polar surface area (TPSA) is 144 Å². The lowest BCUT2D eigenvalue weighted by Crippen LogP contribution is -2.20. The fraction of sp³-hybridized carbons (Fsp3) is 0.400. The second-order valence-electron chi connectivity index (χ2n) is 1.56. The number of rotatable bonds is 3. The first kappa shape index (κ1) is 13.1. The number of aliphatic hydroxyl groups excluding tert-OH is 2. The third-order valence-electron chi connectivity index (χ3n) is 0.598. The maximum absolute atomic E-state index is 9.98. The molecule has 0 bridgehead atoms. The van der Waals surface area contributed by atoms with Crippen molar-refractivity contribution in [1.29, 1.82) is 0 Å². The molecule has 0 radical (unpaired) electrons. The standard InChI is InChI=1S/C4H6O4.CH4N2O/c5-1-3(7)4(8)2-6;2-1(3)4/h5-6H,1-2H2;(H4,2,3,4). The molecule has 0 aliphatic heterocycles. The minimum atomic E-state index is -0.951. The van der Waals surface area contributed by atoms with E-state index >= 15 is 0 Å². The van der Waals surface area contributed by atoms with E-state index in [1.165, 1.54) is 0 Å². The number of carbonyl (C=O) groups excluding carboxylic acids is 3. The van der Waals surface area contributed by atoms with Gasteiger partial charge in [-0.1, -0.05) is 0 Å². The highest BCUT2D eigenvalue weighted by atomic mass is 16.3. The molecule has 0 fully saturated rings. The maximum Gasteiger partial charge on any atom is 0.309 e. The molecular formula is C5H10N2O5. The lowest BCUT2D eigenvalue weighted by Gasteiger charge is -1.86. The minimum absolute atomic E-state index is 0.820. The number of amides is 2. The quantitative estimate of drug-likeness (QED) is 0.343. The first-order valence-electron chi connectivity index (χ1n) is 2.78. The Morgan fingerprint density at radius 3 is 1.17 bits per heavy atom. The number of ketones is 2. The summed E-state index contributed by atoms with van der Waals surface area (Å²) in [6, 6.07) is -0.833. The summed E-state index contributed by atoms with van der Waals surface area (Å²) in [5.41, 5.74) is 8.50. The average molecular weight is 178 g/mol. The van der Waals surface area contributed by atoms with Crippen LogP contribution in [0.25, 0.3) is 0 Å². The van der Waals surface area contributed by atoms with Crippen LogP contribution in [-0.2, 0) is 9.59 Å². The Hall–Kier alpha value is -1.47. The summed E-state index contributed by atoms with van der Waals surface area (Å²) in [7, 11) is 0. The van der Waals surface area contributed by atoms with Crippen molar-refractivity contribution in [2.24, 2.45) is 11.5 Å². The van der Waals surface area contributed by atoms with Crippen LogP contribution in [0.1, 0.15) is 0 Å². The van der Waals surface area contributed by atoms with E-state index in [1.54, 1.807) is 0 Å². The number of carbonyl (C=O) groups is 3. The monoisotopic (exact) mass is 178 g/mol. The lowest BCUT2D eigenvalue weighted by atomic mass is 10.3. The Kier molecular flexibility index (Phi) is 8.36. The molecule has 0 heterocycles. The Labute approximate surface area is 68.0 Å². The predicted molar refractivity (Wildman–Crippen MR) is 38.0 cm³/mol. The Balaban J connectivity index is 0. The third-order valence-corrected chi connectivity index (χ3v) is 0.598. The molecule has 0 aromatic rings. The van der Waals surface area contributed by atoms with Gasteiger partial charge in [0.05, 0.1) is 0 Å². The van der Waals surface area contributed by atoms with Gasteiger partial charge in [0, 0.05) is 0 Å². The molecule has 0 aliphatic rings. The van der Waals surface area contributed by atoms with E-state index in [9.17, 15) is 9.59 Å². The molecule has 0 saturated heterocycles. The highest BCUT2D eigenvalue weighted by Gasteiger charge is 2.08. The van der Waals surface area contributed by atoms with Gasteiger partial charge in [0.15, 0.2) is 0 Å². The van der Waals surface area contributed by atoms with Crippen LogP contribution in [-0.4, -0.2) is 41.0 Å². The van der Waals surface area contributed by atoms with Crippen LogP contribution in [0.4, 0.5) is 4.79 Å². The average Bonchev–Trinajstić information content (AvgIpc) is 2.00. The van der Waals surface area contributed by atoms with E-state index in [0.29, 0.717) is 0 Å². The SMILES string of the molecule is NC(N)=O.O=C(CO)C(=O)CO. The molecular weight excluding hydrogens is 168 g/mol. The van der Waals surface area contributed by atoms with Gasteiger partial charge < -0.3 is 21.7 Å². The van der Waals surface area contributed by atoms with Gasteiger partial charge in [-0.3, -0.25) is 9.59 Å². The summed E-state index contributed by atoms with van der Waals surface area (Å²) >= 11 is 0. The predicted octanol–water partition coefficient (Wildman–Crippen LogP) is -2.87. The molecule has 0 rings (SSSR count). The molecule has 0 aliphatic carbocycles.